The van der Waals surface area contributed by atoms with Crippen LogP contribution in [0.5, 0.6) is 0 Å². The molecule has 232 valence electrons. The second-order valence-corrected chi connectivity index (χ2v) is 12.1. The Morgan fingerprint density at radius 3 is 2.20 bits per heavy atom. The molecule has 1 atom stereocenters. The molecule has 8 nitrogen and oxygen atoms in total. The minimum atomic E-state index is -0.749. The summed E-state index contributed by atoms with van der Waals surface area (Å²) in [4.78, 5) is 40.5. The normalized spacial score (nSPS) is 14.6. The first-order valence-electron chi connectivity index (χ1n) is 15.1. The Bertz CT molecular complexity index is 1630. The lowest BCUT2D eigenvalue weighted by Gasteiger charge is -2.25. The van der Waals surface area contributed by atoms with Crippen molar-refractivity contribution >= 4 is 18.1 Å². The van der Waals surface area contributed by atoms with Crippen LogP contribution in [0.15, 0.2) is 103 Å². The van der Waals surface area contributed by atoms with Crippen molar-refractivity contribution < 1.29 is 23.9 Å². The Balaban J connectivity index is 1.27. The molecule has 0 fully saturated rings. The summed E-state index contributed by atoms with van der Waals surface area (Å²) in [5, 5.41) is 5.65. The zero-order chi connectivity index (χ0) is 31.8. The molecule has 0 aliphatic carbocycles. The predicted octanol–water partition coefficient (Wildman–Crippen LogP) is 6.76. The molecule has 2 N–H and O–H groups in total. The van der Waals surface area contributed by atoms with E-state index in [1.54, 1.807) is 4.90 Å². The van der Waals surface area contributed by atoms with Crippen LogP contribution in [0, 0.1) is 0 Å². The van der Waals surface area contributed by atoms with Crippen LogP contribution < -0.4 is 10.6 Å². The second-order valence-electron chi connectivity index (χ2n) is 12.1. The summed E-state index contributed by atoms with van der Waals surface area (Å²) >= 11 is 0. The molecule has 0 spiro atoms. The molecular formula is C37H39N3O5. The summed E-state index contributed by atoms with van der Waals surface area (Å²) in [7, 11) is 0. The van der Waals surface area contributed by atoms with E-state index in [-0.39, 0.29) is 12.5 Å². The average molecular weight is 606 g/mol. The van der Waals surface area contributed by atoms with Crippen LogP contribution in [-0.4, -0.2) is 34.6 Å². The first-order chi connectivity index (χ1) is 21.6. The molecule has 1 aliphatic rings. The molecule has 4 aromatic carbocycles. The van der Waals surface area contributed by atoms with Crippen molar-refractivity contribution in [2.75, 3.05) is 0 Å². The molecule has 0 saturated heterocycles. The van der Waals surface area contributed by atoms with Crippen LogP contribution >= 0.6 is 0 Å². The third kappa shape index (κ3) is 8.72. The van der Waals surface area contributed by atoms with Crippen molar-refractivity contribution in [3.05, 3.63) is 131 Å². The fraction of sp³-hybridized carbons (Fsp3) is 0.270. The molecule has 5 rings (SSSR count). The van der Waals surface area contributed by atoms with Gasteiger partial charge in [0.05, 0.1) is 0 Å². The number of rotatable bonds is 8. The van der Waals surface area contributed by atoms with E-state index in [2.05, 4.69) is 10.6 Å². The molecule has 1 heterocycles. The monoisotopic (exact) mass is 605 g/mol. The van der Waals surface area contributed by atoms with Gasteiger partial charge in [-0.1, -0.05) is 103 Å². The van der Waals surface area contributed by atoms with Crippen LogP contribution in [0.1, 0.15) is 48.6 Å². The number of fused-ring (bicyclic) bond motifs is 1. The number of benzene rings is 4. The molecule has 0 radical (unpaired) electrons. The maximum absolute atomic E-state index is 13.8. The van der Waals surface area contributed by atoms with Gasteiger partial charge >= 0.3 is 12.2 Å². The molecule has 4 aromatic rings. The topological polar surface area (TPSA) is 97.0 Å². The zero-order valence-electron chi connectivity index (χ0n) is 25.9. The van der Waals surface area contributed by atoms with Crippen LogP contribution in [0.2, 0.25) is 0 Å². The SMILES string of the molecule is CC(C)(C)OC(=O)NCc1ccccc1-c1ccc(CN2Cc3ccccc3CC(NC(=O)OCc3ccccc3)C2=O)cc1. The van der Waals surface area contributed by atoms with Gasteiger partial charge in [-0.15, -0.1) is 0 Å². The van der Waals surface area contributed by atoms with E-state index in [0.717, 1.165) is 38.9 Å². The van der Waals surface area contributed by atoms with Crippen LogP contribution in [0.4, 0.5) is 9.59 Å². The number of carbonyl (C=O) groups excluding carboxylic acids is 3. The quantitative estimate of drug-likeness (QED) is 0.231. The maximum Gasteiger partial charge on any atom is 0.408 e. The van der Waals surface area contributed by atoms with Gasteiger partial charge < -0.3 is 25.0 Å². The van der Waals surface area contributed by atoms with Crippen molar-refractivity contribution in [2.24, 2.45) is 0 Å². The minimum Gasteiger partial charge on any atom is -0.445 e. The molecule has 3 amide bonds. The highest BCUT2D eigenvalue weighted by Crippen LogP contribution is 2.26. The fourth-order valence-electron chi connectivity index (χ4n) is 5.32. The lowest BCUT2D eigenvalue weighted by atomic mass is 9.98. The molecule has 45 heavy (non-hydrogen) atoms. The van der Waals surface area contributed by atoms with Gasteiger partial charge in [-0.3, -0.25) is 4.79 Å². The third-order valence-electron chi connectivity index (χ3n) is 7.50. The fourth-order valence-corrected chi connectivity index (χ4v) is 5.32. The van der Waals surface area contributed by atoms with Crippen molar-refractivity contribution in [3.63, 3.8) is 0 Å². The summed E-state index contributed by atoms with van der Waals surface area (Å²) in [5.41, 5.74) is 6.29. The van der Waals surface area contributed by atoms with E-state index < -0.39 is 23.8 Å². The van der Waals surface area contributed by atoms with Gasteiger partial charge in [-0.05, 0) is 59.7 Å². The summed E-state index contributed by atoms with van der Waals surface area (Å²) < 4.78 is 10.8. The van der Waals surface area contributed by atoms with Crippen molar-refractivity contribution in [1.29, 1.82) is 0 Å². The van der Waals surface area contributed by atoms with E-state index in [0.29, 0.717) is 26.1 Å². The van der Waals surface area contributed by atoms with Crippen molar-refractivity contribution in [1.82, 2.24) is 15.5 Å². The van der Waals surface area contributed by atoms with Crippen LogP contribution in [0.3, 0.4) is 0 Å². The Morgan fingerprint density at radius 2 is 1.47 bits per heavy atom. The molecular weight excluding hydrogens is 566 g/mol. The largest absolute Gasteiger partial charge is 0.445 e. The van der Waals surface area contributed by atoms with Gasteiger partial charge in [-0.2, -0.15) is 0 Å². The number of hydrogen-bond donors (Lipinski definition) is 2. The standard InChI is InChI=1S/C37H39N3O5/c1-37(2,3)45-35(42)38-22-30-14-9-10-16-32(30)28-19-17-26(18-20-28)23-40-24-31-15-8-7-13-29(31)21-33(34(40)41)39-36(43)44-25-27-11-5-4-6-12-27/h4-20,33H,21-25H2,1-3H3,(H,38,42)(H,39,43). The number of alkyl carbamates (subject to hydrolysis) is 2. The molecule has 0 bridgehead atoms. The van der Waals surface area contributed by atoms with Crippen molar-refractivity contribution in [2.45, 2.75) is 65.1 Å². The second kappa shape index (κ2) is 14.1. The van der Waals surface area contributed by atoms with Crippen LogP contribution in [-0.2, 0) is 46.9 Å². The number of nitrogens with one attached hydrogen (secondary N) is 2. The number of hydrogen-bond acceptors (Lipinski definition) is 5. The molecule has 1 unspecified atom stereocenters. The van der Waals surface area contributed by atoms with E-state index in [1.807, 2.05) is 124 Å². The Labute approximate surface area is 264 Å². The average Bonchev–Trinajstić information content (AvgIpc) is 3.15. The van der Waals surface area contributed by atoms with Gasteiger partial charge in [0, 0.05) is 26.1 Å². The smallest absolute Gasteiger partial charge is 0.408 e. The predicted molar refractivity (Wildman–Crippen MR) is 173 cm³/mol. The molecule has 0 aromatic heterocycles. The van der Waals surface area contributed by atoms with Gasteiger partial charge in [-0.25, -0.2) is 9.59 Å². The molecule has 1 aliphatic heterocycles. The number of carbonyl (C=O) groups is 3. The molecule has 8 heteroatoms. The van der Waals surface area contributed by atoms with E-state index >= 15 is 0 Å². The summed E-state index contributed by atoms with van der Waals surface area (Å²) in [6.45, 7) is 6.77. The first kappa shape index (κ1) is 31.3. The lowest BCUT2D eigenvalue weighted by Crippen LogP contribution is -2.48. The molecule has 0 saturated carbocycles. The van der Waals surface area contributed by atoms with Crippen LogP contribution in [0.25, 0.3) is 11.1 Å². The highest BCUT2D eigenvalue weighted by atomic mass is 16.6. The first-order valence-corrected chi connectivity index (χ1v) is 15.1. The number of nitrogens with zero attached hydrogens (tertiary/aromatic N) is 1. The Morgan fingerprint density at radius 1 is 0.800 bits per heavy atom. The van der Waals surface area contributed by atoms with Crippen molar-refractivity contribution in [3.8, 4) is 11.1 Å². The summed E-state index contributed by atoms with van der Waals surface area (Å²) in [5.74, 6) is -0.162. The van der Waals surface area contributed by atoms with E-state index in [1.165, 1.54) is 0 Å². The summed E-state index contributed by atoms with van der Waals surface area (Å²) in [6.07, 6.45) is -0.701. The zero-order valence-corrected chi connectivity index (χ0v) is 25.9. The third-order valence-corrected chi connectivity index (χ3v) is 7.50. The van der Waals surface area contributed by atoms with Gasteiger partial charge in [0.2, 0.25) is 5.91 Å². The van der Waals surface area contributed by atoms with E-state index in [9.17, 15) is 14.4 Å². The number of amides is 3. The highest BCUT2D eigenvalue weighted by molar-refractivity contribution is 5.86. The highest BCUT2D eigenvalue weighted by Gasteiger charge is 2.31. The number of ether oxygens (including phenoxy) is 2. The summed E-state index contributed by atoms with van der Waals surface area (Å²) in [6, 6.07) is 32.6. The Kier molecular flexibility index (Phi) is 9.82. The van der Waals surface area contributed by atoms with Gasteiger partial charge in [0.15, 0.2) is 0 Å². The van der Waals surface area contributed by atoms with E-state index in [4.69, 9.17) is 9.47 Å². The Hall–Kier alpha value is -5.11. The minimum absolute atomic E-state index is 0.125. The van der Waals surface area contributed by atoms with Gasteiger partial charge in [0.25, 0.3) is 0 Å². The maximum atomic E-state index is 13.8. The lowest BCUT2D eigenvalue weighted by molar-refractivity contribution is -0.134. The van der Waals surface area contributed by atoms with Gasteiger partial charge in [0.1, 0.15) is 18.2 Å².